The Morgan fingerprint density at radius 3 is 2.70 bits per heavy atom. The number of nitrogens with zero attached hydrogens (tertiary/aromatic N) is 1. The average molecular weight is 286 g/mol. The number of ether oxygens (including phenoxy) is 1. The van der Waals surface area contributed by atoms with Gasteiger partial charge in [-0.1, -0.05) is 0 Å². The van der Waals surface area contributed by atoms with Crippen molar-refractivity contribution in [3.8, 4) is 5.75 Å². The van der Waals surface area contributed by atoms with E-state index in [0.29, 0.717) is 0 Å². The van der Waals surface area contributed by atoms with Gasteiger partial charge in [0.1, 0.15) is 0 Å². The Kier molecular flexibility index (Phi) is 4.39. The zero-order valence-electron chi connectivity index (χ0n) is 11.0. The molecular formula is C13H16F2N2O3. The number of methoxy groups -OCH3 is 1. The molecule has 0 spiro atoms. The van der Waals surface area contributed by atoms with Gasteiger partial charge in [0.05, 0.1) is 19.4 Å². The molecule has 1 aromatic rings. The van der Waals surface area contributed by atoms with Gasteiger partial charge in [-0.15, -0.1) is 0 Å². The monoisotopic (exact) mass is 286 g/mol. The van der Waals surface area contributed by atoms with Crippen LogP contribution in [-0.4, -0.2) is 42.3 Å². The van der Waals surface area contributed by atoms with Crippen LogP contribution in [0.4, 0.5) is 19.3 Å². The molecule has 0 radical (unpaired) electrons. The van der Waals surface area contributed by atoms with Crippen molar-refractivity contribution >= 4 is 11.7 Å². The Hall–Kier alpha value is -1.89. The molecule has 0 heterocycles. The summed E-state index contributed by atoms with van der Waals surface area (Å²) in [7, 11) is 1.23. The maximum Gasteiger partial charge on any atom is 0.322 e. The summed E-state index contributed by atoms with van der Waals surface area (Å²) in [6.07, 6.45) is 1.71. The molecule has 1 fully saturated rings. The van der Waals surface area contributed by atoms with Crippen LogP contribution in [0.5, 0.6) is 5.75 Å². The quantitative estimate of drug-likeness (QED) is 0.870. The molecule has 0 unspecified atom stereocenters. The molecule has 0 aromatic heterocycles. The van der Waals surface area contributed by atoms with Crippen molar-refractivity contribution in [3.63, 3.8) is 0 Å². The van der Waals surface area contributed by atoms with Crippen molar-refractivity contribution in [2.45, 2.75) is 18.9 Å². The van der Waals surface area contributed by atoms with Gasteiger partial charge in [-0.25, -0.2) is 13.6 Å². The van der Waals surface area contributed by atoms with Crippen molar-refractivity contribution in [2.75, 3.05) is 25.6 Å². The van der Waals surface area contributed by atoms with Crippen molar-refractivity contribution in [1.29, 1.82) is 0 Å². The highest BCUT2D eigenvalue weighted by Crippen LogP contribution is 2.28. The van der Waals surface area contributed by atoms with Gasteiger partial charge in [-0.3, -0.25) is 0 Å². The van der Waals surface area contributed by atoms with E-state index in [9.17, 15) is 13.6 Å². The highest BCUT2D eigenvalue weighted by Gasteiger charge is 2.32. The van der Waals surface area contributed by atoms with E-state index in [1.54, 1.807) is 0 Å². The summed E-state index contributed by atoms with van der Waals surface area (Å²) in [5.74, 6) is -1.77. The Morgan fingerprint density at radius 1 is 1.45 bits per heavy atom. The van der Waals surface area contributed by atoms with Gasteiger partial charge in [0.2, 0.25) is 0 Å². The fourth-order valence-corrected chi connectivity index (χ4v) is 1.91. The lowest BCUT2D eigenvalue weighted by molar-refractivity contribution is 0.185. The van der Waals surface area contributed by atoms with Gasteiger partial charge < -0.3 is 20.1 Å². The first-order valence-electron chi connectivity index (χ1n) is 6.28. The lowest BCUT2D eigenvalue weighted by atomic mass is 10.2. The fraction of sp³-hybridized carbons (Fsp3) is 0.462. The molecule has 0 saturated heterocycles. The Bertz CT molecular complexity index is 507. The number of halogens is 2. The van der Waals surface area contributed by atoms with E-state index >= 15 is 0 Å². The zero-order valence-corrected chi connectivity index (χ0v) is 11.0. The van der Waals surface area contributed by atoms with E-state index in [0.717, 1.165) is 25.0 Å². The lowest BCUT2D eigenvalue weighted by Crippen LogP contribution is -2.38. The molecule has 5 nitrogen and oxygen atoms in total. The number of urea groups is 1. The average Bonchev–Trinajstić information content (AvgIpc) is 3.24. The van der Waals surface area contributed by atoms with Crippen LogP contribution in [0.25, 0.3) is 0 Å². The van der Waals surface area contributed by atoms with Crippen LogP contribution >= 0.6 is 0 Å². The lowest BCUT2D eigenvalue weighted by Gasteiger charge is -2.22. The highest BCUT2D eigenvalue weighted by molar-refractivity contribution is 5.90. The topological polar surface area (TPSA) is 61.8 Å². The second-order valence-corrected chi connectivity index (χ2v) is 4.54. The van der Waals surface area contributed by atoms with Crippen LogP contribution in [0.3, 0.4) is 0 Å². The maximum absolute atomic E-state index is 13.7. The molecule has 7 heteroatoms. The number of carbonyl (C=O) groups excluding carboxylic acids is 1. The van der Waals surface area contributed by atoms with Gasteiger partial charge >= 0.3 is 6.03 Å². The minimum Gasteiger partial charge on any atom is -0.494 e. The van der Waals surface area contributed by atoms with Crippen molar-refractivity contribution in [3.05, 3.63) is 23.8 Å². The van der Waals surface area contributed by atoms with Crippen LogP contribution < -0.4 is 10.1 Å². The standard InChI is InChI=1S/C13H16F2N2O3/c1-20-12-7-9(14)11(6-10(12)15)16-13(19)17(4-5-18)8-2-3-8/h6-8,18H,2-5H2,1H3,(H,16,19). The summed E-state index contributed by atoms with van der Waals surface area (Å²) < 4.78 is 31.9. The van der Waals surface area contributed by atoms with E-state index in [-0.39, 0.29) is 30.6 Å². The van der Waals surface area contributed by atoms with Crippen LogP contribution in [0.15, 0.2) is 12.1 Å². The van der Waals surface area contributed by atoms with Gasteiger partial charge in [-0.2, -0.15) is 0 Å². The summed E-state index contributed by atoms with van der Waals surface area (Å²) in [4.78, 5) is 13.4. The molecule has 2 rings (SSSR count). The summed E-state index contributed by atoms with van der Waals surface area (Å²) in [6.45, 7) is -0.0138. The second kappa shape index (κ2) is 6.04. The van der Waals surface area contributed by atoms with Crippen LogP contribution in [0, 0.1) is 11.6 Å². The van der Waals surface area contributed by atoms with Gasteiger partial charge in [-0.05, 0) is 12.8 Å². The third-order valence-electron chi connectivity index (χ3n) is 3.07. The fourth-order valence-electron chi connectivity index (χ4n) is 1.91. The number of benzene rings is 1. The van der Waals surface area contributed by atoms with Gasteiger partial charge in [0.25, 0.3) is 0 Å². The minimum atomic E-state index is -0.781. The smallest absolute Gasteiger partial charge is 0.322 e. The maximum atomic E-state index is 13.7. The first kappa shape index (κ1) is 14.5. The van der Waals surface area contributed by atoms with Crippen LogP contribution in [0.1, 0.15) is 12.8 Å². The predicted molar refractivity (Wildman–Crippen MR) is 68.7 cm³/mol. The number of aliphatic hydroxyl groups excluding tert-OH is 1. The van der Waals surface area contributed by atoms with Crippen LogP contribution in [0.2, 0.25) is 0 Å². The van der Waals surface area contributed by atoms with Crippen molar-refractivity contribution in [1.82, 2.24) is 4.90 Å². The predicted octanol–water partition coefficient (Wildman–Crippen LogP) is 1.96. The first-order valence-corrected chi connectivity index (χ1v) is 6.28. The number of hydrogen-bond acceptors (Lipinski definition) is 3. The summed E-state index contributed by atoms with van der Waals surface area (Å²) in [5, 5.41) is 11.2. The molecule has 2 amide bonds. The first-order chi connectivity index (χ1) is 9.56. The largest absolute Gasteiger partial charge is 0.494 e. The molecule has 20 heavy (non-hydrogen) atoms. The Labute approximate surface area is 115 Å². The van der Waals surface area contributed by atoms with E-state index < -0.39 is 17.7 Å². The number of aliphatic hydroxyl groups is 1. The number of amides is 2. The number of nitrogens with one attached hydrogen (secondary N) is 1. The highest BCUT2D eigenvalue weighted by atomic mass is 19.1. The van der Waals surface area contributed by atoms with E-state index in [4.69, 9.17) is 5.11 Å². The second-order valence-electron chi connectivity index (χ2n) is 4.54. The molecule has 0 aliphatic heterocycles. The minimum absolute atomic E-state index is 0.0632. The third kappa shape index (κ3) is 3.16. The molecule has 1 aliphatic carbocycles. The number of hydrogen-bond donors (Lipinski definition) is 2. The van der Waals surface area contributed by atoms with Crippen molar-refractivity contribution < 1.29 is 23.4 Å². The normalized spacial score (nSPS) is 14.0. The van der Waals surface area contributed by atoms with Crippen LogP contribution in [-0.2, 0) is 0 Å². The van der Waals surface area contributed by atoms with E-state index in [1.165, 1.54) is 12.0 Å². The molecule has 1 aromatic carbocycles. The Balaban J connectivity index is 2.12. The van der Waals surface area contributed by atoms with Gasteiger partial charge in [0.15, 0.2) is 17.4 Å². The number of anilines is 1. The summed E-state index contributed by atoms with van der Waals surface area (Å²) in [5.41, 5.74) is -0.253. The molecule has 0 atom stereocenters. The van der Waals surface area contributed by atoms with Crippen molar-refractivity contribution in [2.24, 2.45) is 0 Å². The summed E-state index contributed by atoms with van der Waals surface area (Å²) >= 11 is 0. The SMILES string of the molecule is COc1cc(F)c(NC(=O)N(CCO)C2CC2)cc1F. The number of rotatable bonds is 5. The molecular weight excluding hydrogens is 270 g/mol. The molecule has 1 saturated carbocycles. The molecule has 1 aliphatic rings. The third-order valence-corrected chi connectivity index (χ3v) is 3.07. The molecule has 2 N–H and O–H groups in total. The molecule has 0 bridgehead atoms. The number of carbonyl (C=O) groups is 1. The summed E-state index contributed by atoms with van der Waals surface area (Å²) in [6, 6.07) is 1.26. The zero-order chi connectivity index (χ0) is 14.7. The van der Waals surface area contributed by atoms with Gasteiger partial charge in [0, 0.05) is 24.7 Å². The Morgan fingerprint density at radius 2 is 2.15 bits per heavy atom. The molecule has 110 valence electrons. The van der Waals surface area contributed by atoms with E-state index in [1.807, 2.05) is 0 Å². The van der Waals surface area contributed by atoms with E-state index in [2.05, 4.69) is 10.1 Å².